The number of allylic oxidation sites excluding steroid dienone is 2. The minimum Gasteiger partial charge on any atom is -0.491 e. The molecule has 37 heavy (non-hydrogen) atoms. The lowest BCUT2D eigenvalue weighted by Gasteiger charge is -2.50. The van der Waals surface area contributed by atoms with Crippen LogP contribution in [-0.4, -0.2) is 73.0 Å². The summed E-state index contributed by atoms with van der Waals surface area (Å²) < 4.78 is 5.43. The van der Waals surface area contributed by atoms with Gasteiger partial charge in [-0.3, -0.25) is 24.1 Å². The number of aliphatic hydroxyl groups is 1. The topological polar surface area (TPSA) is 147 Å². The number of fused-ring (bicyclic) bond motifs is 4. The molecule has 10 nitrogen and oxygen atoms in total. The maximum absolute atomic E-state index is 13.6. The highest BCUT2D eigenvalue weighted by molar-refractivity contribution is 9.09. The molecular formula is C24H22BrCl2N3O7. The molecule has 4 aliphatic rings. The zero-order valence-corrected chi connectivity index (χ0v) is 22.3. The van der Waals surface area contributed by atoms with Gasteiger partial charge in [-0.15, -0.1) is 23.2 Å². The average molecular weight is 615 g/mol. The van der Waals surface area contributed by atoms with Gasteiger partial charge in [-0.05, 0) is 36.5 Å². The second kappa shape index (κ2) is 9.07. The van der Waals surface area contributed by atoms with E-state index in [4.69, 9.17) is 38.8 Å². The van der Waals surface area contributed by atoms with Crippen molar-refractivity contribution in [1.29, 1.82) is 0 Å². The number of hydrogen-bond acceptors (Lipinski definition) is 7. The fourth-order valence-corrected chi connectivity index (χ4v) is 7.69. The van der Waals surface area contributed by atoms with Gasteiger partial charge in [0.05, 0.1) is 23.9 Å². The molecule has 2 aliphatic heterocycles. The number of amides is 6. The fraction of sp³-hybridized carbons (Fsp3) is 0.458. The van der Waals surface area contributed by atoms with Crippen molar-refractivity contribution in [3.8, 4) is 5.75 Å². The second-order valence-corrected chi connectivity index (χ2v) is 11.2. The molecule has 13 heteroatoms. The molecule has 2 heterocycles. The standard InChI is InChI=1S/C24H22BrCl2N3O7/c25-10-29-20(34)23(26)9-15-13(5-6-14-16(15)19(33)30(18(14)32)22(28)36)17(24(23,27)21(29)35)11-1-3-12(4-2-11)37-8-7-31/h1-5,14-17,31H,6-10H2,(H2,28,36)/t14-,15+,16-,17-,23+,24-/m0/s1. The number of benzene rings is 1. The third-order valence-electron chi connectivity index (χ3n) is 7.81. The summed E-state index contributed by atoms with van der Waals surface area (Å²) in [4.78, 5) is 62.7. The Balaban J connectivity index is 1.67. The van der Waals surface area contributed by atoms with Crippen LogP contribution in [-0.2, 0) is 19.2 Å². The molecule has 6 amide bonds. The number of carbonyl (C=O) groups is 5. The number of alkyl halides is 3. The van der Waals surface area contributed by atoms with Crippen molar-refractivity contribution in [3.63, 3.8) is 0 Å². The van der Waals surface area contributed by atoms with Gasteiger partial charge in [0.1, 0.15) is 12.4 Å². The van der Waals surface area contributed by atoms with Gasteiger partial charge in [0.15, 0.2) is 9.75 Å². The van der Waals surface area contributed by atoms with E-state index in [1.54, 1.807) is 30.3 Å². The van der Waals surface area contributed by atoms with Crippen molar-refractivity contribution >= 4 is 68.8 Å². The quantitative estimate of drug-likeness (QED) is 0.223. The van der Waals surface area contributed by atoms with Gasteiger partial charge in [-0.1, -0.05) is 39.7 Å². The maximum Gasteiger partial charge on any atom is 0.328 e. The summed E-state index contributed by atoms with van der Waals surface area (Å²) in [6.45, 7) is -0.0852. The Morgan fingerprint density at radius 1 is 1.11 bits per heavy atom. The summed E-state index contributed by atoms with van der Waals surface area (Å²) in [6, 6.07) is 5.47. The van der Waals surface area contributed by atoms with Crippen molar-refractivity contribution in [2.45, 2.75) is 28.5 Å². The molecule has 2 aliphatic carbocycles. The Labute approximate surface area is 229 Å². The molecule has 3 N–H and O–H groups in total. The number of nitrogens with zero attached hydrogens (tertiary/aromatic N) is 2. The lowest BCUT2D eigenvalue weighted by Crippen LogP contribution is -2.60. The molecule has 1 aromatic rings. The summed E-state index contributed by atoms with van der Waals surface area (Å²) >= 11 is 17.4. The Morgan fingerprint density at radius 2 is 1.78 bits per heavy atom. The number of carbonyl (C=O) groups excluding carboxylic acids is 5. The molecule has 2 saturated heterocycles. The number of primary amides is 1. The highest BCUT2D eigenvalue weighted by atomic mass is 79.9. The van der Waals surface area contributed by atoms with Crippen LogP contribution in [0.15, 0.2) is 35.9 Å². The maximum atomic E-state index is 13.6. The van der Waals surface area contributed by atoms with Gasteiger partial charge in [-0.2, -0.15) is 4.90 Å². The van der Waals surface area contributed by atoms with E-state index in [0.29, 0.717) is 21.8 Å². The average Bonchev–Trinajstić information content (AvgIpc) is 3.21. The van der Waals surface area contributed by atoms with Gasteiger partial charge in [0.2, 0.25) is 11.8 Å². The number of hydrogen-bond donors (Lipinski definition) is 2. The highest BCUT2D eigenvalue weighted by Gasteiger charge is 2.76. The highest BCUT2D eigenvalue weighted by Crippen LogP contribution is 2.65. The van der Waals surface area contributed by atoms with Crippen LogP contribution in [0.1, 0.15) is 24.3 Å². The van der Waals surface area contributed by atoms with Crippen molar-refractivity contribution in [2.75, 3.05) is 18.7 Å². The third-order valence-corrected chi connectivity index (χ3v) is 9.72. The van der Waals surface area contributed by atoms with Gasteiger partial charge in [-0.25, -0.2) is 4.79 Å². The van der Waals surface area contributed by atoms with E-state index in [2.05, 4.69) is 15.9 Å². The van der Waals surface area contributed by atoms with Crippen LogP contribution >= 0.6 is 39.1 Å². The summed E-state index contributed by atoms with van der Waals surface area (Å²) in [5, 5.41) is 9.02. The molecule has 0 radical (unpaired) electrons. The predicted octanol–water partition coefficient (Wildman–Crippen LogP) is 1.85. The summed E-state index contributed by atoms with van der Waals surface area (Å²) in [5.41, 5.74) is 6.34. The molecule has 0 bridgehead atoms. The number of urea groups is 1. The Morgan fingerprint density at radius 3 is 2.38 bits per heavy atom. The van der Waals surface area contributed by atoms with Gasteiger partial charge in [0.25, 0.3) is 11.8 Å². The Hall–Kier alpha value is -2.47. The smallest absolute Gasteiger partial charge is 0.328 e. The lowest BCUT2D eigenvalue weighted by atomic mass is 9.56. The molecule has 0 spiro atoms. The van der Waals surface area contributed by atoms with Gasteiger partial charge < -0.3 is 15.6 Å². The van der Waals surface area contributed by atoms with E-state index < -0.39 is 63.1 Å². The zero-order chi connectivity index (χ0) is 26.9. The van der Waals surface area contributed by atoms with E-state index in [0.717, 1.165) is 4.90 Å². The summed E-state index contributed by atoms with van der Waals surface area (Å²) in [5.74, 6) is -5.85. The van der Waals surface area contributed by atoms with Crippen LogP contribution in [0.5, 0.6) is 5.75 Å². The second-order valence-electron chi connectivity index (χ2n) is 9.48. The minimum atomic E-state index is -1.93. The molecule has 3 fully saturated rings. The van der Waals surface area contributed by atoms with E-state index in [9.17, 15) is 24.0 Å². The van der Waals surface area contributed by atoms with Crippen molar-refractivity contribution in [2.24, 2.45) is 23.5 Å². The zero-order valence-electron chi connectivity index (χ0n) is 19.2. The van der Waals surface area contributed by atoms with E-state index in [1.165, 1.54) is 0 Å². The van der Waals surface area contributed by atoms with Crippen molar-refractivity contribution in [1.82, 2.24) is 9.80 Å². The van der Waals surface area contributed by atoms with Crippen molar-refractivity contribution in [3.05, 3.63) is 41.5 Å². The molecule has 0 aromatic heterocycles. The molecule has 196 valence electrons. The minimum absolute atomic E-state index is 0.0863. The number of nitrogens with two attached hydrogens (primary N) is 1. The van der Waals surface area contributed by atoms with Crippen LogP contribution in [0.2, 0.25) is 0 Å². The van der Waals surface area contributed by atoms with E-state index >= 15 is 0 Å². The normalized spacial score (nSPS) is 34.8. The number of likely N-dealkylation sites (tertiary alicyclic amines) is 2. The van der Waals surface area contributed by atoms with E-state index in [-0.39, 0.29) is 31.5 Å². The first-order chi connectivity index (χ1) is 17.5. The molecular weight excluding hydrogens is 593 g/mol. The molecule has 1 saturated carbocycles. The third kappa shape index (κ3) is 3.43. The first kappa shape index (κ1) is 26.1. The number of ether oxygens (including phenoxy) is 1. The summed E-state index contributed by atoms with van der Waals surface area (Å²) in [6.07, 6.45) is 1.71. The Kier molecular flexibility index (Phi) is 6.41. The lowest BCUT2D eigenvalue weighted by molar-refractivity contribution is -0.139. The van der Waals surface area contributed by atoms with Crippen LogP contribution in [0, 0.1) is 17.8 Å². The number of rotatable bonds is 5. The SMILES string of the molecule is NC(=O)N1C(=O)[C@H]2[C@H](CC=C3[C@H]2C[C@@]2(Cl)C(=O)N(CBr)C(=O)[C@@]2(Cl)[C@H]3c2ccc(OCCO)cc2)C1=O. The van der Waals surface area contributed by atoms with Crippen LogP contribution < -0.4 is 10.5 Å². The number of aliphatic hydroxyl groups excluding tert-OH is 1. The molecule has 6 atom stereocenters. The first-order valence-electron chi connectivity index (χ1n) is 11.5. The largest absolute Gasteiger partial charge is 0.491 e. The number of halogens is 3. The van der Waals surface area contributed by atoms with Gasteiger partial charge in [0, 0.05) is 5.92 Å². The molecule has 1 aromatic carbocycles. The van der Waals surface area contributed by atoms with E-state index in [1.807, 2.05) is 0 Å². The van der Waals surface area contributed by atoms with Crippen molar-refractivity contribution < 1.29 is 33.8 Å². The first-order valence-corrected chi connectivity index (χ1v) is 13.4. The van der Waals surface area contributed by atoms with Crippen LogP contribution in [0.3, 0.4) is 0 Å². The summed E-state index contributed by atoms with van der Waals surface area (Å²) in [7, 11) is 0. The molecule has 5 rings (SSSR count). The van der Waals surface area contributed by atoms with Gasteiger partial charge >= 0.3 is 6.03 Å². The fourth-order valence-electron chi connectivity index (χ4n) is 6.26. The molecule has 0 unspecified atom stereocenters. The Bertz CT molecular complexity index is 1260. The van der Waals surface area contributed by atoms with Crippen LogP contribution in [0.25, 0.3) is 0 Å². The monoisotopic (exact) mass is 613 g/mol. The predicted molar refractivity (Wildman–Crippen MR) is 134 cm³/mol. The van der Waals surface area contributed by atoms with Crippen LogP contribution in [0.4, 0.5) is 4.79 Å². The number of imide groups is 4.